The Morgan fingerprint density at radius 1 is 1.19 bits per heavy atom. The van der Waals surface area contributed by atoms with Gasteiger partial charge in [0.15, 0.2) is 0 Å². The van der Waals surface area contributed by atoms with Crippen LogP contribution in [0.5, 0.6) is 0 Å². The molecule has 0 radical (unpaired) electrons. The second-order valence-electron chi connectivity index (χ2n) is 11.5. The van der Waals surface area contributed by atoms with Gasteiger partial charge in [0.1, 0.15) is 0 Å². The van der Waals surface area contributed by atoms with E-state index in [2.05, 4.69) is 46.4 Å². The highest BCUT2D eigenvalue weighted by Gasteiger charge is 2.50. The molecule has 3 N–H and O–H groups in total. The van der Waals surface area contributed by atoms with Gasteiger partial charge in [-0.2, -0.15) is 0 Å². The summed E-state index contributed by atoms with van der Waals surface area (Å²) in [7, 11) is 0. The molecule has 3 saturated carbocycles. The quantitative estimate of drug-likeness (QED) is 0.401. The Kier molecular flexibility index (Phi) is 8.50. The van der Waals surface area contributed by atoms with Crippen LogP contribution in [0.1, 0.15) is 105 Å². The van der Waals surface area contributed by atoms with Gasteiger partial charge in [-0.1, -0.05) is 64.8 Å². The molecular weight excluding hydrogens is 396 g/mol. The van der Waals surface area contributed by atoms with E-state index in [1.807, 2.05) is 0 Å². The summed E-state index contributed by atoms with van der Waals surface area (Å²) in [6.45, 7) is 13.3. The summed E-state index contributed by atoms with van der Waals surface area (Å²) in [5.41, 5.74) is 3.26. The van der Waals surface area contributed by atoms with Gasteiger partial charge in [-0.05, 0) is 92.1 Å². The molecule has 0 bridgehead atoms. The summed E-state index contributed by atoms with van der Waals surface area (Å²) in [5.74, 6) is 2.10. The third-order valence-corrected chi connectivity index (χ3v) is 9.61. The fourth-order valence-corrected chi connectivity index (χ4v) is 7.24. The van der Waals surface area contributed by atoms with E-state index in [0.29, 0.717) is 30.1 Å². The summed E-state index contributed by atoms with van der Waals surface area (Å²) in [4.78, 5) is 0. The summed E-state index contributed by atoms with van der Waals surface area (Å²) in [6, 6.07) is 0. The second-order valence-corrected chi connectivity index (χ2v) is 11.5. The van der Waals surface area contributed by atoms with Crippen LogP contribution in [0.3, 0.4) is 0 Å². The van der Waals surface area contributed by atoms with Crippen molar-refractivity contribution in [3.63, 3.8) is 0 Å². The number of aliphatic hydroxyl groups is 3. The molecule has 3 aliphatic carbocycles. The molecule has 32 heavy (non-hydrogen) atoms. The zero-order valence-electron chi connectivity index (χ0n) is 21.1. The number of fused-ring (bicyclic) bond motifs is 1. The predicted octanol–water partition coefficient (Wildman–Crippen LogP) is 6.48. The Hall–Kier alpha value is -0.900. The molecule has 0 aromatic heterocycles. The third-order valence-electron chi connectivity index (χ3n) is 9.61. The lowest BCUT2D eigenvalue weighted by Gasteiger charge is -2.44. The zero-order valence-corrected chi connectivity index (χ0v) is 21.1. The maximum absolute atomic E-state index is 10.6. The molecule has 1 unspecified atom stereocenters. The van der Waals surface area contributed by atoms with Gasteiger partial charge in [0.2, 0.25) is 0 Å². The first-order chi connectivity index (χ1) is 15.1. The minimum absolute atomic E-state index is 0.371. The van der Waals surface area contributed by atoms with E-state index in [0.717, 1.165) is 42.7 Å². The topological polar surface area (TPSA) is 60.7 Å². The zero-order chi connectivity index (χ0) is 23.5. The molecule has 0 aromatic carbocycles. The summed E-state index contributed by atoms with van der Waals surface area (Å²) >= 11 is 0. The third kappa shape index (κ3) is 5.42. The number of hydrogen-bond acceptors (Lipinski definition) is 3. The average Bonchev–Trinajstić information content (AvgIpc) is 3.12. The van der Waals surface area contributed by atoms with Crippen LogP contribution in [0.25, 0.3) is 0 Å². The van der Waals surface area contributed by atoms with Crippen LogP contribution in [0.2, 0.25) is 0 Å². The largest absolute Gasteiger partial charge is 0.393 e. The fourth-order valence-electron chi connectivity index (χ4n) is 7.24. The molecule has 0 aromatic rings. The molecule has 0 aliphatic heterocycles. The van der Waals surface area contributed by atoms with Crippen LogP contribution in [0.15, 0.2) is 35.5 Å². The Morgan fingerprint density at radius 2 is 1.91 bits per heavy atom. The van der Waals surface area contributed by atoms with E-state index in [1.54, 1.807) is 5.57 Å². The molecule has 3 rings (SSSR count). The Balaban J connectivity index is 1.67. The Morgan fingerprint density at radius 3 is 2.59 bits per heavy atom. The van der Waals surface area contributed by atoms with Crippen LogP contribution in [0, 0.1) is 23.2 Å². The minimum atomic E-state index is -0.616. The molecule has 0 spiro atoms. The van der Waals surface area contributed by atoms with Crippen molar-refractivity contribution >= 4 is 0 Å². The molecule has 0 amide bonds. The summed E-state index contributed by atoms with van der Waals surface area (Å²) < 4.78 is 0. The SMILES string of the molecule is C=C1/C(=C\C=C2/CCC[C@]3(C)[C@@H]([C@H](C)CCCC(O)(CC)CC)CC[C@@H]23)C[C@@H](O)CC1O. The Labute approximate surface area is 196 Å². The van der Waals surface area contributed by atoms with Crippen LogP contribution in [-0.4, -0.2) is 33.1 Å². The van der Waals surface area contributed by atoms with E-state index in [4.69, 9.17) is 0 Å². The fraction of sp³-hybridized carbons (Fsp3) is 0.793. The molecule has 0 saturated heterocycles. The lowest BCUT2D eigenvalue weighted by atomic mass is 9.60. The van der Waals surface area contributed by atoms with Crippen LogP contribution in [-0.2, 0) is 0 Å². The maximum Gasteiger partial charge on any atom is 0.0811 e. The second kappa shape index (κ2) is 10.6. The van der Waals surface area contributed by atoms with Crippen molar-refractivity contribution in [2.24, 2.45) is 23.2 Å². The highest BCUT2D eigenvalue weighted by molar-refractivity contribution is 5.38. The van der Waals surface area contributed by atoms with E-state index in [9.17, 15) is 15.3 Å². The molecule has 3 heteroatoms. The van der Waals surface area contributed by atoms with Gasteiger partial charge in [0.05, 0.1) is 17.8 Å². The lowest BCUT2D eigenvalue weighted by molar-refractivity contribution is 0.0178. The Bertz CT molecular complexity index is 716. The molecule has 6 atom stereocenters. The van der Waals surface area contributed by atoms with E-state index in [1.165, 1.54) is 38.5 Å². The summed E-state index contributed by atoms with van der Waals surface area (Å²) in [6.07, 6.45) is 15.7. The highest BCUT2D eigenvalue weighted by atomic mass is 16.3. The van der Waals surface area contributed by atoms with Gasteiger partial charge in [-0.25, -0.2) is 0 Å². The molecule has 0 heterocycles. The van der Waals surface area contributed by atoms with E-state index < -0.39 is 17.8 Å². The molecule has 182 valence electrons. The highest BCUT2D eigenvalue weighted by Crippen LogP contribution is 2.60. The van der Waals surface area contributed by atoms with Gasteiger partial charge < -0.3 is 15.3 Å². The molecule has 3 aliphatic rings. The van der Waals surface area contributed by atoms with Crippen molar-refractivity contribution in [2.75, 3.05) is 0 Å². The lowest BCUT2D eigenvalue weighted by Crippen LogP contribution is -2.36. The van der Waals surface area contributed by atoms with Crippen molar-refractivity contribution in [1.82, 2.24) is 0 Å². The number of rotatable bonds is 8. The van der Waals surface area contributed by atoms with Crippen LogP contribution >= 0.6 is 0 Å². The van der Waals surface area contributed by atoms with Gasteiger partial charge >= 0.3 is 0 Å². The smallest absolute Gasteiger partial charge is 0.0811 e. The molecular formula is C29H48O3. The number of allylic oxidation sites excluding steroid dienone is 3. The van der Waals surface area contributed by atoms with Crippen LogP contribution in [0.4, 0.5) is 0 Å². The van der Waals surface area contributed by atoms with Crippen molar-refractivity contribution in [3.05, 3.63) is 35.5 Å². The standard InChI is InChI=1S/C29H48O3/c1-6-29(32,7-2)17-8-10-20(3)25-14-15-26-22(11-9-16-28(25,26)5)12-13-23-18-24(30)19-27(31)21(23)4/h12-13,20,24-27,30-32H,4,6-11,14-19H2,1-3,5H3/b22-12+,23-13-/t20-,24-,25-,26+,27?,28-/m1/s1. The van der Waals surface area contributed by atoms with Gasteiger partial charge in [-0.15, -0.1) is 0 Å². The van der Waals surface area contributed by atoms with E-state index in [-0.39, 0.29) is 0 Å². The number of aliphatic hydroxyl groups excluding tert-OH is 2. The predicted molar refractivity (Wildman–Crippen MR) is 133 cm³/mol. The van der Waals surface area contributed by atoms with Gasteiger partial charge in [-0.3, -0.25) is 0 Å². The van der Waals surface area contributed by atoms with Crippen molar-refractivity contribution in [3.8, 4) is 0 Å². The van der Waals surface area contributed by atoms with E-state index >= 15 is 0 Å². The van der Waals surface area contributed by atoms with Gasteiger partial charge in [0, 0.05) is 6.42 Å². The molecule has 3 fully saturated rings. The maximum atomic E-state index is 10.6. The molecule has 3 nitrogen and oxygen atoms in total. The van der Waals surface area contributed by atoms with Crippen molar-refractivity contribution in [1.29, 1.82) is 0 Å². The first-order valence-electron chi connectivity index (χ1n) is 13.3. The van der Waals surface area contributed by atoms with Crippen LogP contribution < -0.4 is 0 Å². The average molecular weight is 445 g/mol. The minimum Gasteiger partial charge on any atom is -0.393 e. The first-order valence-corrected chi connectivity index (χ1v) is 13.3. The van der Waals surface area contributed by atoms with Gasteiger partial charge in [0.25, 0.3) is 0 Å². The first kappa shape index (κ1) is 25.7. The normalized spacial score (nSPS) is 37.2. The van der Waals surface area contributed by atoms with Crippen molar-refractivity contribution in [2.45, 2.75) is 123 Å². The summed E-state index contributed by atoms with van der Waals surface area (Å²) in [5, 5.41) is 30.9. The number of hydrogen-bond donors (Lipinski definition) is 3. The monoisotopic (exact) mass is 444 g/mol. The van der Waals surface area contributed by atoms with Crippen molar-refractivity contribution < 1.29 is 15.3 Å².